The van der Waals surface area contributed by atoms with E-state index in [1.807, 2.05) is 11.0 Å². The van der Waals surface area contributed by atoms with Crippen LogP contribution in [0.5, 0.6) is 0 Å². The smallest absolute Gasteiger partial charge is 0.366 e. The lowest BCUT2D eigenvalue weighted by molar-refractivity contribution is -0.137. The Morgan fingerprint density at radius 3 is 2.73 bits per heavy atom. The second-order valence-corrected chi connectivity index (χ2v) is 13.0. The van der Waals surface area contributed by atoms with Gasteiger partial charge in [-0.25, -0.2) is 9.97 Å². The van der Waals surface area contributed by atoms with Crippen molar-refractivity contribution in [3.63, 3.8) is 0 Å². The number of thiophene rings is 1. The topological polar surface area (TPSA) is 73.4 Å². The highest BCUT2D eigenvalue weighted by Gasteiger charge is 2.40. The average molecular weight is 587 g/mol. The molecule has 12 heteroatoms. The van der Waals surface area contributed by atoms with Gasteiger partial charge < -0.3 is 20.4 Å². The van der Waals surface area contributed by atoms with Crippen molar-refractivity contribution in [1.82, 2.24) is 20.2 Å². The van der Waals surface area contributed by atoms with Crippen molar-refractivity contribution in [2.75, 3.05) is 35.6 Å². The van der Waals surface area contributed by atoms with Crippen LogP contribution in [-0.4, -0.2) is 64.3 Å². The summed E-state index contributed by atoms with van der Waals surface area (Å²) in [5, 5.41) is 6.70. The van der Waals surface area contributed by atoms with Crippen LogP contribution in [0, 0.1) is 0 Å². The minimum absolute atomic E-state index is 0.0885. The number of hydrogen-bond donors (Lipinski definition) is 2. The molecule has 40 heavy (non-hydrogen) atoms. The maximum absolute atomic E-state index is 14.1. The summed E-state index contributed by atoms with van der Waals surface area (Å²) in [5.41, 5.74) is 1.86. The molecule has 1 aliphatic carbocycles. The maximum atomic E-state index is 14.1. The van der Waals surface area contributed by atoms with Crippen LogP contribution in [0.2, 0.25) is 0 Å². The second-order valence-electron chi connectivity index (χ2n) is 10.8. The maximum Gasteiger partial charge on any atom is 0.420 e. The highest BCUT2D eigenvalue weighted by molar-refractivity contribution is 7.99. The van der Waals surface area contributed by atoms with E-state index in [0.717, 1.165) is 83.9 Å². The molecular weight excluding hydrogens is 557 g/mol. The second kappa shape index (κ2) is 9.92. The van der Waals surface area contributed by atoms with Crippen LogP contribution in [0.1, 0.15) is 47.0 Å². The van der Waals surface area contributed by atoms with Gasteiger partial charge in [0.25, 0.3) is 5.91 Å². The molecule has 2 aromatic heterocycles. The molecule has 3 fully saturated rings. The molecule has 0 radical (unpaired) electrons. The van der Waals surface area contributed by atoms with E-state index in [4.69, 9.17) is 0 Å². The zero-order valence-electron chi connectivity index (χ0n) is 21.9. The number of halogens is 3. The standard InChI is InChI=1S/C28H29F3N6OS2/c1-2-15-9-18(37-14-16-10-19(37)12-32-16)5-6-21(15)34-27-33-13-20(28(29,30)31)24(35-27)22-11-23-25(40-22)26(38)36(7-8-39-23)17-3-4-17/h5-6,9,11,13,16-17,19,32H,2-4,7-8,10,12,14H2,1H3,(H,33,34,35). The first kappa shape index (κ1) is 26.1. The number of carbonyl (C=O) groups excluding carboxylic acids is 1. The number of fused-ring (bicyclic) bond motifs is 3. The molecular formula is C28H29F3N6OS2. The van der Waals surface area contributed by atoms with Gasteiger partial charge in [-0.05, 0) is 55.5 Å². The summed E-state index contributed by atoms with van der Waals surface area (Å²) in [6, 6.07) is 9.13. The van der Waals surface area contributed by atoms with E-state index in [-0.39, 0.29) is 23.6 Å². The summed E-state index contributed by atoms with van der Waals surface area (Å²) in [6.07, 6.45) is 0.0822. The van der Waals surface area contributed by atoms with E-state index in [0.29, 0.717) is 28.4 Å². The number of alkyl halides is 3. The zero-order valence-corrected chi connectivity index (χ0v) is 23.6. The van der Waals surface area contributed by atoms with Crippen LogP contribution >= 0.6 is 23.1 Å². The molecule has 2 saturated heterocycles. The third kappa shape index (κ3) is 4.73. The van der Waals surface area contributed by atoms with E-state index < -0.39 is 11.7 Å². The molecule has 210 valence electrons. The van der Waals surface area contributed by atoms with Crippen molar-refractivity contribution in [3.8, 4) is 10.6 Å². The Morgan fingerprint density at radius 2 is 2.02 bits per heavy atom. The van der Waals surface area contributed by atoms with Gasteiger partial charge in [-0.1, -0.05) is 6.92 Å². The lowest BCUT2D eigenvalue weighted by atomic mass is 10.1. The number of aromatic nitrogens is 2. The number of piperazine rings is 1. The van der Waals surface area contributed by atoms with Crippen molar-refractivity contribution in [3.05, 3.63) is 46.5 Å². The molecule has 1 saturated carbocycles. The molecule has 2 N–H and O–H groups in total. The Kier molecular flexibility index (Phi) is 6.47. The fraction of sp³-hybridized carbons (Fsp3) is 0.464. The third-order valence-corrected chi connectivity index (χ3v) is 10.4. The van der Waals surface area contributed by atoms with Gasteiger partial charge in [-0.15, -0.1) is 23.1 Å². The highest BCUT2D eigenvalue weighted by atomic mass is 32.2. The summed E-state index contributed by atoms with van der Waals surface area (Å²) >= 11 is 2.61. The molecule has 5 heterocycles. The minimum Gasteiger partial charge on any atom is -0.366 e. The van der Waals surface area contributed by atoms with Gasteiger partial charge in [0.2, 0.25) is 5.95 Å². The molecule has 3 aromatic rings. The van der Waals surface area contributed by atoms with E-state index in [1.165, 1.54) is 11.8 Å². The fourth-order valence-electron chi connectivity index (χ4n) is 5.98. The van der Waals surface area contributed by atoms with Gasteiger partial charge in [-0.3, -0.25) is 4.79 Å². The number of hydrogen-bond acceptors (Lipinski definition) is 8. The monoisotopic (exact) mass is 586 g/mol. The molecule has 2 bridgehead atoms. The van der Waals surface area contributed by atoms with Crippen LogP contribution < -0.4 is 15.5 Å². The predicted octanol–water partition coefficient (Wildman–Crippen LogP) is 5.79. The van der Waals surface area contributed by atoms with E-state index in [9.17, 15) is 18.0 Å². The number of rotatable bonds is 6. The minimum atomic E-state index is -4.63. The fourth-order valence-corrected chi connectivity index (χ4v) is 8.29. The average Bonchev–Trinajstić information content (AvgIpc) is 3.37. The number of benzene rings is 1. The van der Waals surface area contributed by atoms with Gasteiger partial charge >= 0.3 is 6.18 Å². The van der Waals surface area contributed by atoms with Crippen LogP contribution in [0.15, 0.2) is 35.4 Å². The Morgan fingerprint density at radius 1 is 1.18 bits per heavy atom. The summed E-state index contributed by atoms with van der Waals surface area (Å²) in [6.45, 7) is 4.69. The number of anilines is 3. The van der Waals surface area contributed by atoms with Gasteiger partial charge in [0, 0.05) is 66.0 Å². The van der Waals surface area contributed by atoms with Gasteiger partial charge in [-0.2, -0.15) is 13.2 Å². The Hall–Kier alpha value is -2.83. The first-order chi connectivity index (χ1) is 19.3. The summed E-state index contributed by atoms with van der Waals surface area (Å²) < 4.78 is 42.3. The molecule has 2 atom stereocenters. The summed E-state index contributed by atoms with van der Waals surface area (Å²) in [5.74, 6) is 0.727. The van der Waals surface area contributed by atoms with E-state index >= 15 is 0 Å². The number of carbonyl (C=O) groups is 1. The van der Waals surface area contributed by atoms with Crippen LogP contribution in [0.4, 0.5) is 30.5 Å². The summed E-state index contributed by atoms with van der Waals surface area (Å²) in [7, 11) is 0. The molecule has 7 rings (SSSR count). The zero-order chi connectivity index (χ0) is 27.6. The number of aryl methyl sites for hydroxylation is 1. The molecule has 0 spiro atoms. The molecule has 3 aliphatic heterocycles. The number of nitrogens with one attached hydrogen (secondary N) is 2. The van der Waals surface area contributed by atoms with Gasteiger partial charge in [0.15, 0.2) is 0 Å². The van der Waals surface area contributed by atoms with Crippen LogP contribution in [0.3, 0.4) is 0 Å². The van der Waals surface area contributed by atoms with E-state index in [1.54, 1.807) is 6.07 Å². The molecule has 4 aliphatic rings. The Bertz CT molecular complexity index is 1470. The first-order valence-electron chi connectivity index (χ1n) is 13.7. The van der Waals surface area contributed by atoms with Gasteiger partial charge in [0.1, 0.15) is 10.4 Å². The quantitative estimate of drug-likeness (QED) is 0.379. The van der Waals surface area contributed by atoms with Crippen molar-refractivity contribution >= 4 is 46.3 Å². The molecule has 7 nitrogen and oxygen atoms in total. The van der Waals surface area contributed by atoms with Crippen molar-refractivity contribution in [2.45, 2.75) is 61.8 Å². The number of amides is 1. The lowest BCUT2D eigenvalue weighted by Crippen LogP contribution is -2.43. The Balaban J connectivity index is 1.21. The van der Waals surface area contributed by atoms with Crippen molar-refractivity contribution < 1.29 is 18.0 Å². The van der Waals surface area contributed by atoms with Crippen molar-refractivity contribution in [2.24, 2.45) is 0 Å². The lowest BCUT2D eigenvalue weighted by Gasteiger charge is -2.30. The molecule has 1 amide bonds. The third-order valence-electron chi connectivity index (χ3n) is 8.16. The largest absolute Gasteiger partial charge is 0.420 e. The van der Waals surface area contributed by atoms with Crippen molar-refractivity contribution in [1.29, 1.82) is 0 Å². The molecule has 1 aromatic carbocycles. The first-order valence-corrected chi connectivity index (χ1v) is 15.5. The predicted molar refractivity (Wildman–Crippen MR) is 152 cm³/mol. The van der Waals surface area contributed by atoms with Gasteiger partial charge in [0.05, 0.1) is 10.6 Å². The number of thioether (sulfide) groups is 1. The Labute approximate surface area is 238 Å². The highest BCUT2D eigenvalue weighted by Crippen LogP contribution is 2.44. The van der Waals surface area contributed by atoms with Crippen LogP contribution in [0.25, 0.3) is 10.6 Å². The normalized spacial score (nSPS) is 22.6. The van der Waals surface area contributed by atoms with Crippen LogP contribution in [-0.2, 0) is 12.6 Å². The number of nitrogens with zero attached hydrogens (tertiary/aromatic N) is 4. The van der Waals surface area contributed by atoms with E-state index in [2.05, 4.69) is 44.6 Å². The molecule has 2 unspecified atom stereocenters. The SMILES string of the molecule is CCc1cc(N2CC3CC2CN3)ccc1Nc1ncc(C(F)(F)F)c(-c2cc3c(s2)C(=O)N(C2CC2)CCS3)n1. The summed E-state index contributed by atoms with van der Waals surface area (Å²) in [4.78, 5) is 27.5.